The van der Waals surface area contributed by atoms with Gasteiger partial charge < -0.3 is 5.11 Å². The summed E-state index contributed by atoms with van der Waals surface area (Å²) in [4.78, 5) is 28.2. The number of carboxylic acids is 1. The van der Waals surface area contributed by atoms with E-state index in [-0.39, 0.29) is 18.6 Å². The molecule has 0 amide bonds. The molecule has 0 aliphatic heterocycles. The van der Waals surface area contributed by atoms with Gasteiger partial charge in [0, 0.05) is 28.8 Å². The summed E-state index contributed by atoms with van der Waals surface area (Å²) < 4.78 is 0. The van der Waals surface area contributed by atoms with Gasteiger partial charge in [-0.25, -0.2) is 4.98 Å². The van der Waals surface area contributed by atoms with E-state index in [4.69, 9.17) is 11.6 Å². The molecule has 4 nitrogen and oxygen atoms in total. The molecule has 0 aliphatic rings. The van der Waals surface area contributed by atoms with Gasteiger partial charge in [0.25, 0.3) is 0 Å². The van der Waals surface area contributed by atoms with Gasteiger partial charge in [-0.2, -0.15) is 0 Å². The van der Waals surface area contributed by atoms with E-state index < -0.39 is 11.4 Å². The standard InChI is InChI=1S/C18H20ClNO3S/c1-3-7-18(2,17(22)23)10-15(21)9-14-11-24-16(20-14)12-5-4-6-13(19)8-12/h4-6,8,11H,3,7,9-10H2,1-2H3,(H,22,23). The molecule has 24 heavy (non-hydrogen) atoms. The Morgan fingerprint density at radius 3 is 2.75 bits per heavy atom. The number of hydrogen-bond donors (Lipinski definition) is 1. The van der Waals surface area contributed by atoms with E-state index in [1.165, 1.54) is 11.3 Å². The smallest absolute Gasteiger partial charge is 0.309 e. The average molecular weight is 366 g/mol. The molecule has 0 saturated heterocycles. The molecule has 0 bridgehead atoms. The van der Waals surface area contributed by atoms with Crippen LogP contribution in [-0.2, 0) is 16.0 Å². The van der Waals surface area contributed by atoms with Crippen molar-refractivity contribution in [1.29, 1.82) is 0 Å². The number of Topliss-reactive ketones (excluding diaryl/α,β-unsaturated/α-hetero) is 1. The third-order valence-electron chi connectivity index (χ3n) is 3.91. The summed E-state index contributed by atoms with van der Waals surface area (Å²) in [6.07, 6.45) is 1.40. The van der Waals surface area contributed by atoms with Crippen LogP contribution in [-0.4, -0.2) is 21.8 Å². The first-order valence-electron chi connectivity index (χ1n) is 7.79. The summed E-state index contributed by atoms with van der Waals surface area (Å²) in [5, 5.41) is 12.7. The molecule has 6 heteroatoms. The summed E-state index contributed by atoms with van der Waals surface area (Å²) in [7, 11) is 0. The molecule has 2 rings (SSSR count). The predicted molar refractivity (Wildman–Crippen MR) is 96.5 cm³/mol. The lowest BCUT2D eigenvalue weighted by molar-refractivity contribution is -0.150. The first-order chi connectivity index (χ1) is 11.3. The molecule has 0 saturated carbocycles. The molecule has 128 valence electrons. The topological polar surface area (TPSA) is 67.3 Å². The Labute approximate surface area is 150 Å². The van der Waals surface area contributed by atoms with Gasteiger partial charge in [-0.05, 0) is 25.5 Å². The van der Waals surface area contributed by atoms with Gasteiger partial charge >= 0.3 is 5.97 Å². The average Bonchev–Trinajstić information content (AvgIpc) is 2.95. The number of ketones is 1. The second-order valence-corrected chi connectivity index (χ2v) is 7.46. The van der Waals surface area contributed by atoms with E-state index in [0.717, 1.165) is 17.0 Å². The van der Waals surface area contributed by atoms with Crippen LogP contribution in [0.3, 0.4) is 0 Å². The molecule has 0 fully saturated rings. The Kier molecular flexibility index (Phi) is 6.13. The van der Waals surface area contributed by atoms with Gasteiger partial charge in [0.2, 0.25) is 0 Å². The molecule has 0 radical (unpaired) electrons. The fourth-order valence-corrected chi connectivity index (χ4v) is 3.67. The van der Waals surface area contributed by atoms with Crippen LogP contribution in [0.2, 0.25) is 5.02 Å². The zero-order chi connectivity index (χ0) is 17.7. The van der Waals surface area contributed by atoms with Gasteiger partial charge in [0.05, 0.1) is 11.1 Å². The van der Waals surface area contributed by atoms with Crippen LogP contribution in [0.25, 0.3) is 10.6 Å². The van der Waals surface area contributed by atoms with Crippen molar-refractivity contribution in [3.8, 4) is 10.6 Å². The number of aromatic nitrogens is 1. The molecule has 1 unspecified atom stereocenters. The molecular formula is C18H20ClNO3S. The van der Waals surface area contributed by atoms with Crippen LogP contribution >= 0.6 is 22.9 Å². The number of rotatable bonds is 8. The number of aliphatic carboxylic acids is 1. The molecule has 0 aliphatic carbocycles. The highest BCUT2D eigenvalue weighted by molar-refractivity contribution is 7.13. The molecule has 2 aromatic rings. The third kappa shape index (κ3) is 4.65. The molecule has 0 spiro atoms. The first kappa shape index (κ1) is 18.6. The number of carboxylic acid groups (broad SMARTS) is 1. The summed E-state index contributed by atoms with van der Waals surface area (Å²) in [5.74, 6) is -1.02. The molecule has 1 N–H and O–H groups in total. The summed E-state index contributed by atoms with van der Waals surface area (Å²) in [6.45, 7) is 3.55. The fourth-order valence-electron chi connectivity index (χ4n) is 2.66. The number of benzene rings is 1. The maximum atomic E-state index is 12.3. The minimum atomic E-state index is -1.00. The lowest BCUT2D eigenvalue weighted by Crippen LogP contribution is -2.30. The predicted octanol–water partition coefficient (Wildman–Crippen LogP) is 4.86. The van der Waals surface area contributed by atoms with E-state index >= 15 is 0 Å². The molecule has 1 aromatic heterocycles. The Bertz CT molecular complexity index is 743. The Balaban J connectivity index is 2.06. The first-order valence-corrected chi connectivity index (χ1v) is 9.05. The lowest BCUT2D eigenvalue weighted by atomic mass is 9.80. The number of thiazole rings is 1. The minimum absolute atomic E-state index is 0.0280. The number of carbonyl (C=O) groups is 2. The van der Waals surface area contributed by atoms with Gasteiger partial charge in [-0.3, -0.25) is 9.59 Å². The van der Waals surface area contributed by atoms with E-state index in [2.05, 4.69) is 4.98 Å². The number of halogens is 1. The van der Waals surface area contributed by atoms with Crippen LogP contribution in [0, 0.1) is 5.41 Å². The maximum absolute atomic E-state index is 12.3. The van der Waals surface area contributed by atoms with Crippen molar-refractivity contribution in [3.05, 3.63) is 40.4 Å². The second-order valence-electron chi connectivity index (χ2n) is 6.16. The highest BCUT2D eigenvalue weighted by Gasteiger charge is 2.34. The van der Waals surface area contributed by atoms with E-state index in [1.807, 2.05) is 30.5 Å². The van der Waals surface area contributed by atoms with Crippen molar-refractivity contribution in [3.63, 3.8) is 0 Å². The fraction of sp³-hybridized carbons (Fsp3) is 0.389. The molecule has 1 aromatic carbocycles. The van der Waals surface area contributed by atoms with Gasteiger partial charge in [0.1, 0.15) is 10.8 Å². The Hall–Kier alpha value is -1.72. The van der Waals surface area contributed by atoms with Crippen molar-refractivity contribution in [2.75, 3.05) is 0 Å². The lowest BCUT2D eigenvalue weighted by Gasteiger charge is -2.23. The zero-order valence-electron chi connectivity index (χ0n) is 13.7. The van der Waals surface area contributed by atoms with Gasteiger partial charge in [0.15, 0.2) is 0 Å². The van der Waals surface area contributed by atoms with Crippen LogP contribution in [0.15, 0.2) is 29.6 Å². The molecular weight excluding hydrogens is 346 g/mol. The van der Waals surface area contributed by atoms with E-state index in [9.17, 15) is 14.7 Å². The van der Waals surface area contributed by atoms with Gasteiger partial charge in [-0.15, -0.1) is 11.3 Å². The monoisotopic (exact) mass is 365 g/mol. The third-order valence-corrected chi connectivity index (χ3v) is 5.08. The van der Waals surface area contributed by atoms with Crippen molar-refractivity contribution in [2.45, 2.75) is 39.5 Å². The van der Waals surface area contributed by atoms with E-state index in [1.54, 1.807) is 13.0 Å². The molecule has 1 heterocycles. The van der Waals surface area contributed by atoms with Crippen molar-refractivity contribution < 1.29 is 14.7 Å². The second kappa shape index (κ2) is 7.90. The normalized spacial score (nSPS) is 13.5. The zero-order valence-corrected chi connectivity index (χ0v) is 15.3. The summed E-state index contributed by atoms with van der Waals surface area (Å²) in [5.41, 5.74) is 0.578. The van der Waals surface area contributed by atoms with Crippen LogP contribution in [0.5, 0.6) is 0 Å². The Morgan fingerprint density at radius 1 is 1.38 bits per heavy atom. The van der Waals surface area contributed by atoms with Crippen molar-refractivity contribution in [1.82, 2.24) is 4.98 Å². The maximum Gasteiger partial charge on any atom is 0.309 e. The highest BCUT2D eigenvalue weighted by atomic mass is 35.5. The van der Waals surface area contributed by atoms with Crippen molar-refractivity contribution in [2.24, 2.45) is 5.41 Å². The van der Waals surface area contributed by atoms with Crippen LogP contribution < -0.4 is 0 Å². The number of hydrogen-bond acceptors (Lipinski definition) is 4. The van der Waals surface area contributed by atoms with Crippen molar-refractivity contribution >= 4 is 34.7 Å². The van der Waals surface area contributed by atoms with Crippen LogP contribution in [0.4, 0.5) is 0 Å². The number of carbonyl (C=O) groups excluding carboxylic acids is 1. The largest absolute Gasteiger partial charge is 0.481 e. The highest BCUT2D eigenvalue weighted by Crippen LogP contribution is 2.30. The van der Waals surface area contributed by atoms with E-state index in [0.29, 0.717) is 17.1 Å². The van der Waals surface area contributed by atoms with Gasteiger partial charge in [-0.1, -0.05) is 37.1 Å². The molecule has 1 atom stereocenters. The SMILES string of the molecule is CCCC(C)(CC(=O)Cc1csc(-c2cccc(Cl)c2)n1)C(=O)O. The minimum Gasteiger partial charge on any atom is -0.481 e. The Morgan fingerprint density at radius 2 is 2.12 bits per heavy atom. The number of nitrogens with zero attached hydrogens (tertiary/aromatic N) is 1. The van der Waals surface area contributed by atoms with Crippen LogP contribution in [0.1, 0.15) is 38.8 Å². The summed E-state index contributed by atoms with van der Waals surface area (Å²) >= 11 is 7.43. The summed E-state index contributed by atoms with van der Waals surface area (Å²) in [6, 6.07) is 7.39. The quantitative estimate of drug-likeness (QED) is 0.725.